The Kier molecular flexibility index (Phi) is 16.7. The van der Waals surface area contributed by atoms with Gasteiger partial charge in [-0.05, 0) is 95.5 Å². The lowest BCUT2D eigenvalue weighted by atomic mass is 9.81. The second kappa shape index (κ2) is 20.3. The van der Waals surface area contributed by atoms with Crippen LogP contribution >= 0.6 is 0 Å². The van der Waals surface area contributed by atoms with Crippen molar-refractivity contribution in [3.63, 3.8) is 0 Å². The highest BCUT2D eigenvalue weighted by atomic mass is 16.7. The first-order valence-electron chi connectivity index (χ1n) is 20.5. The number of Topliss-reactive ketones (excluding diaryl/α,β-unsaturated/α-hetero) is 1. The van der Waals surface area contributed by atoms with Crippen LogP contribution < -0.4 is 0 Å². The Balaban J connectivity index is 1.74. The number of nitrogens with zero attached hydrogens (tertiary/aromatic N) is 1. The number of ether oxygens (including phenoxy) is 4. The van der Waals surface area contributed by atoms with Crippen LogP contribution in [0, 0.1) is 29.6 Å². The molecule has 3 heterocycles. The average molecular weight is 776 g/mol. The van der Waals surface area contributed by atoms with Gasteiger partial charge >= 0.3 is 5.97 Å². The number of amides is 1. The molecule has 0 radical (unpaired) electrons. The van der Waals surface area contributed by atoms with Crippen molar-refractivity contribution in [3.05, 3.63) is 36.0 Å². The van der Waals surface area contributed by atoms with Gasteiger partial charge in [0, 0.05) is 44.9 Å². The maximum Gasteiger partial charge on any atom is 0.329 e. The Hall–Kier alpha value is -2.45. The lowest BCUT2D eigenvalue weighted by Crippen LogP contribution is -2.59. The normalized spacial score (nSPS) is 42.0. The molecular weight excluding hydrogens is 706 g/mol. The molecule has 1 amide bonds. The number of piperidine rings is 1. The number of hydrogen-bond acceptors (Lipinski definition) is 11. The van der Waals surface area contributed by atoms with Crippen LogP contribution in [0.1, 0.15) is 112 Å². The number of ketones is 1. The van der Waals surface area contributed by atoms with E-state index < -0.39 is 84.2 Å². The van der Waals surface area contributed by atoms with E-state index in [9.17, 15) is 34.8 Å². The van der Waals surface area contributed by atoms with Crippen LogP contribution in [-0.4, -0.2) is 118 Å². The van der Waals surface area contributed by atoms with E-state index in [1.54, 1.807) is 27.2 Å². The molecule has 312 valence electrons. The molecule has 4 aliphatic rings. The Bertz CT molecular complexity index is 1380. The lowest BCUT2D eigenvalue weighted by Gasteiger charge is -2.48. The van der Waals surface area contributed by atoms with Gasteiger partial charge in [-0.3, -0.25) is 9.59 Å². The zero-order valence-corrected chi connectivity index (χ0v) is 34.2. The highest BCUT2D eigenvalue weighted by Gasteiger charge is 2.51. The minimum absolute atomic E-state index is 0.0917. The Morgan fingerprint density at radius 3 is 2.31 bits per heavy atom. The van der Waals surface area contributed by atoms with E-state index in [1.165, 1.54) is 4.90 Å². The van der Waals surface area contributed by atoms with Gasteiger partial charge in [-0.15, -0.1) is 6.58 Å². The van der Waals surface area contributed by atoms with E-state index in [4.69, 9.17) is 18.9 Å². The van der Waals surface area contributed by atoms with E-state index in [1.807, 2.05) is 32.9 Å². The van der Waals surface area contributed by atoms with Crippen LogP contribution in [0.3, 0.4) is 0 Å². The van der Waals surface area contributed by atoms with Crippen LogP contribution in [0.2, 0.25) is 0 Å². The summed E-state index contributed by atoms with van der Waals surface area (Å²) in [5.74, 6) is -4.72. The van der Waals surface area contributed by atoms with E-state index >= 15 is 0 Å². The van der Waals surface area contributed by atoms with Crippen LogP contribution in [-0.2, 0) is 33.3 Å². The summed E-state index contributed by atoms with van der Waals surface area (Å²) in [4.78, 5) is 43.8. The molecule has 0 aromatic rings. The summed E-state index contributed by atoms with van der Waals surface area (Å²) in [5.41, 5.74) is 1.66. The number of hydrogen-bond donors (Lipinski definition) is 4. The number of rotatable bonds is 6. The van der Waals surface area contributed by atoms with Crippen molar-refractivity contribution in [3.8, 4) is 0 Å². The molecule has 0 aromatic heterocycles. The van der Waals surface area contributed by atoms with Crippen molar-refractivity contribution >= 4 is 17.7 Å². The van der Waals surface area contributed by atoms with Gasteiger partial charge in [-0.2, -0.15) is 0 Å². The number of aliphatic hydroxyl groups excluding tert-OH is 3. The van der Waals surface area contributed by atoms with Crippen molar-refractivity contribution in [2.75, 3.05) is 20.8 Å². The first kappa shape index (κ1) is 45.3. The van der Waals surface area contributed by atoms with Crippen LogP contribution in [0.25, 0.3) is 0 Å². The number of fused-ring (bicyclic) bond motifs is 3. The largest absolute Gasteiger partial charge is 0.456 e. The third kappa shape index (κ3) is 11.6. The summed E-state index contributed by atoms with van der Waals surface area (Å²) in [6.07, 6.45) is 4.95. The molecule has 2 bridgehead atoms. The summed E-state index contributed by atoms with van der Waals surface area (Å²) in [6.45, 7) is 13.7. The highest BCUT2D eigenvalue weighted by molar-refractivity contribution is 5.85. The molecule has 1 aliphatic carbocycles. The summed E-state index contributed by atoms with van der Waals surface area (Å²) >= 11 is 0. The number of aliphatic hydroxyl groups is 4. The van der Waals surface area contributed by atoms with Crippen molar-refractivity contribution < 1.29 is 53.8 Å². The van der Waals surface area contributed by atoms with Crippen molar-refractivity contribution in [2.45, 2.75) is 166 Å². The second-order valence-corrected chi connectivity index (χ2v) is 17.1. The Labute approximate surface area is 328 Å². The fourth-order valence-electron chi connectivity index (χ4n) is 9.27. The van der Waals surface area contributed by atoms with Crippen molar-refractivity contribution in [2.24, 2.45) is 29.6 Å². The van der Waals surface area contributed by atoms with Crippen LogP contribution in [0.4, 0.5) is 0 Å². The quantitative estimate of drug-likeness (QED) is 0.216. The van der Waals surface area contributed by atoms with Crippen LogP contribution in [0.15, 0.2) is 36.0 Å². The molecule has 12 heteroatoms. The number of carbonyl (C=O) groups is 3. The molecule has 12 nitrogen and oxygen atoms in total. The number of carbonyl (C=O) groups excluding carboxylic acids is 3. The first-order valence-corrected chi connectivity index (χ1v) is 20.5. The van der Waals surface area contributed by atoms with Gasteiger partial charge in [-0.1, -0.05) is 44.6 Å². The number of cyclic esters (lactones) is 1. The Morgan fingerprint density at radius 1 is 0.964 bits per heavy atom. The molecule has 0 spiro atoms. The minimum atomic E-state index is -1.84. The molecule has 3 fully saturated rings. The summed E-state index contributed by atoms with van der Waals surface area (Å²) < 4.78 is 24.6. The predicted molar refractivity (Wildman–Crippen MR) is 207 cm³/mol. The molecular formula is C43H69NO11. The maximum absolute atomic E-state index is 14.2. The fraction of sp³-hybridized carbons (Fsp3) is 0.791. The third-order valence-corrected chi connectivity index (χ3v) is 12.7. The maximum atomic E-state index is 14.2. The van der Waals surface area contributed by atoms with Gasteiger partial charge in [0.05, 0.1) is 36.9 Å². The first-order chi connectivity index (χ1) is 26.0. The molecule has 1 saturated carbocycles. The van der Waals surface area contributed by atoms with Crippen LogP contribution in [0.5, 0.6) is 0 Å². The summed E-state index contributed by atoms with van der Waals surface area (Å²) in [6, 6.07) is -0.925. The second-order valence-electron chi connectivity index (χ2n) is 17.1. The molecule has 0 unspecified atom stereocenters. The fourth-order valence-corrected chi connectivity index (χ4v) is 9.27. The predicted octanol–water partition coefficient (Wildman–Crippen LogP) is 4.81. The number of methoxy groups -OCH3 is 2. The number of esters is 1. The van der Waals surface area contributed by atoms with Crippen molar-refractivity contribution in [1.82, 2.24) is 4.90 Å². The molecule has 2 saturated heterocycles. The van der Waals surface area contributed by atoms with E-state index in [2.05, 4.69) is 13.5 Å². The summed E-state index contributed by atoms with van der Waals surface area (Å²) in [7, 11) is 3.20. The number of allylic oxidation sites excluding steroid dienone is 4. The van der Waals surface area contributed by atoms with Gasteiger partial charge in [0.2, 0.25) is 5.91 Å². The molecule has 55 heavy (non-hydrogen) atoms. The zero-order valence-electron chi connectivity index (χ0n) is 34.2. The molecule has 3 aliphatic heterocycles. The summed E-state index contributed by atoms with van der Waals surface area (Å²) in [5, 5.41) is 44.2. The van der Waals surface area contributed by atoms with E-state index in [0.717, 1.165) is 5.57 Å². The average Bonchev–Trinajstić information content (AvgIpc) is 3.14. The van der Waals surface area contributed by atoms with Gasteiger partial charge < -0.3 is 44.3 Å². The zero-order chi connectivity index (χ0) is 40.6. The molecule has 4 rings (SSSR count). The molecule has 14 atom stereocenters. The third-order valence-electron chi connectivity index (χ3n) is 12.7. The topological polar surface area (TPSA) is 172 Å². The standard InChI is InChI=1S/C43H69NO11/c1-9-12-31-18-25(2)17-26(3)19-37(52-7)41-38(53-8)21-28(5)43(51,55-41)24-39(49)44-16-11-10-13-32(44)42(50)54-40(29(6)34(46)23-35(31)47)27(4)20-30-14-15-33(45)36(48)22-30/h9,18,20,26,28-34,36-38,40-41,45-46,48,51H,1,10-17,19,21-24H2,2-8H3/b25-18-,27-20+/t26-,28+,29-,30-,31-,32-,33+,34-,36+,37-,38-,40+,41+,43-/m0/s1. The Morgan fingerprint density at radius 2 is 1.65 bits per heavy atom. The van der Waals surface area contributed by atoms with Gasteiger partial charge in [0.15, 0.2) is 5.79 Å². The van der Waals surface area contributed by atoms with E-state index in [-0.39, 0.29) is 30.5 Å². The van der Waals surface area contributed by atoms with Crippen molar-refractivity contribution in [1.29, 1.82) is 0 Å². The monoisotopic (exact) mass is 775 g/mol. The van der Waals surface area contributed by atoms with Gasteiger partial charge in [0.25, 0.3) is 0 Å². The molecule has 0 aromatic carbocycles. The SMILES string of the molecule is C=CC[C@H]1/C=C(/C)C[C@H](C)C[C@H](OC)[C@H]2O[C@@](O)(CC(=O)N3CCCC[C@H]3C(=O)O[C@H](/C(C)=C/[C@@H]3CC[C@@H](O)[C@H](O)C3)[C@@H](C)[C@@H](O)CC1=O)[C@H](C)C[C@@H]2OC. The lowest BCUT2D eigenvalue weighted by molar-refractivity contribution is -0.321. The highest BCUT2D eigenvalue weighted by Crippen LogP contribution is 2.40. The smallest absolute Gasteiger partial charge is 0.329 e. The minimum Gasteiger partial charge on any atom is -0.456 e. The molecule has 4 N–H and O–H groups in total. The van der Waals surface area contributed by atoms with Gasteiger partial charge in [-0.25, -0.2) is 4.79 Å². The van der Waals surface area contributed by atoms with Gasteiger partial charge in [0.1, 0.15) is 24.0 Å². The van der Waals surface area contributed by atoms with E-state index in [0.29, 0.717) is 76.3 Å².